The molecule has 120 valence electrons. The highest BCUT2D eigenvalue weighted by molar-refractivity contribution is 7.71. The quantitative estimate of drug-likeness (QED) is 0.543. The number of aromatic amines is 1. The van der Waals surface area contributed by atoms with Crippen LogP contribution in [0.25, 0.3) is 17.2 Å². The summed E-state index contributed by atoms with van der Waals surface area (Å²) in [4.78, 5) is 0. The fourth-order valence-corrected chi connectivity index (χ4v) is 2.20. The Balaban J connectivity index is 2.25. The average molecular weight is 361 g/mol. The van der Waals surface area contributed by atoms with Crippen LogP contribution in [0.5, 0.6) is 0 Å². The van der Waals surface area contributed by atoms with Gasteiger partial charge in [-0.25, -0.2) is 5.10 Å². The molecule has 0 unspecified atom stereocenters. The van der Waals surface area contributed by atoms with Crippen molar-refractivity contribution >= 4 is 23.8 Å². The summed E-state index contributed by atoms with van der Waals surface area (Å²) in [6.07, 6.45) is -4.61. The highest BCUT2D eigenvalue weighted by atomic mass is 35.5. The number of hydrogen-bond donors (Lipinski definition) is 2. The molecule has 2 aromatic heterocycles. The number of nitrogen functional groups attached to an aromatic ring is 1. The standard InChI is InChI=1S/C12H8ClF3N6S/c13-7-3-1-6(2-4-7)8-5-9(12(14,15)16)20-22(8)10-18-19-11(23)21(10)17/h1-5H,17H2,(H,19,23). The second kappa shape index (κ2) is 5.39. The van der Waals surface area contributed by atoms with Crippen LogP contribution in [-0.4, -0.2) is 24.7 Å². The summed E-state index contributed by atoms with van der Waals surface area (Å²) in [5.74, 6) is 5.61. The number of halogens is 4. The summed E-state index contributed by atoms with van der Waals surface area (Å²) in [5.41, 5.74) is -0.461. The molecule has 0 spiro atoms. The molecule has 3 N–H and O–H groups in total. The average Bonchev–Trinajstić information content (AvgIpc) is 3.05. The zero-order valence-electron chi connectivity index (χ0n) is 11.2. The van der Waals surface area contributed by atoms with Gasteiger partial charge in [-0.3, -0.25) is 0 Å². The van der Waals surface area contributed by atoms with Crippen LogP contribution < -0.4 is 5.84 Å². The Morgan fingerprint density at radius 2 is 1.87 bits per heavy atom. The smallest absolute Gasteiger partial charge is 0.334 e. The Morgan fingerprint density at radius 3 is 2.39 bits per heavy atom. The van der Waals surface area contributed by atoms with E-state index in [1.807, 2.05) is 0 Å². The third kappa shape index (κ3) is 2.82. The molecule has 0 radical (unpaired) electrons. The largest absolute Gasteiger partial charge is 0.435 e. The van der Waals surface area contributed by atoms with Gasteiger partial charge in [0.2, 0.25) is 4.77 Å². The highest BCUT2D eigenvalue weighted by Crippen LogP contribution is 2.33. The van der Waals surface area contributed by atoms with Crippen molar-refractivity contribution in [2.45, 2.75) is 6.18 Å². The molecule has 23 heavy (non-hydrogen) atoms. The first-order chi connectivity index (χ1) is 10.8. The van der Waals surface area contributed by atoms with E-state index in [1.54, 1.807) is 24.3 Å². The lowest BCUT2D eigenvalue weighted by Gasteiger charge is -2.06. The van der Waals surface area contributed by atoms with Crippen molar-refractivity contribution in [3.8, 4) is 17.2 Å². The predicted octanol–water partition coefficient (Wildman–Crippen LogP) is 3.18. The molecule has 0 aliphatic heterocycles. The fraction of sp³-hybridized carbons (Fsp3) is 0.0833. The van der Waals surface area contributed by atoms with Gasteiger partial charge in [-0.05, 0) is 30.4 Å². The molecular formula is C12H8ClF3N6S. The first-order valence-electron chi connectivity index (χ1n) is 6.13. The number of nitrogens with zero attached hydrogens (tertiary/aromatic N) is 4. The summed E-state index contributed by atoms with van der Waals surface area (Å²) in [5, 5.41) is 10.2. The molecule has 0 saturated carbocycles. The first-order valence-corrected chi connectivity index (χ1v) is 6.92. The molecule has 6 nitrogen and oxygen atoms in total. The van der Waals surface area contributed by atoms with E-state index in [0.29, 0.717) is 10.6 Å². The van der Waals surface area contributed by atoms with E-state index in [1.165, 1.54) is 0 Å². The number of nitrogens with two attached hydrogens (primary N) is 1. The summed E-state index contributed by atoms with van der Waals surface area (Å²) in [6, 6.07) is 7.15. The van der Waals surface area contributed by atoms with Gasteiger partial charge < -0.3 is 5.84 Å². The summed E-state index contributed by atoms with van der Waals surface area (Å²) < 4.78 is 40.9. The number of aromatic nitrogens is 5. The SMILES string of the molecule is Nn1c(-n2nc(C(F)(F)F)cc2-c2ccc(Cl)cc2)n[nH]c1=S. The fourth-order valence-electron chi connectivity index (χ4n) is 1.94. The molecule has 0 fully saturated rings. The highest BCUT2D eigenvalue weighted by Gasteiger charge is 2.35. The van der Waals surface area contributed by atoms with E-state index in [2.05, 4.69) is 15.3 Å². The van der Waals surface area contributed by atoms with Gasteiger partial charge in [0.15, 0.2) is 5.69 Å². The number of rotatable bonds is 2. The van der Waals surface area contributed by atoms with Crippen LogP contribution in [0.15, 0.2) is 30.3 Å². The molecule has 0 aliphatic carbocycles. The molecule has 0 atom stereocenters. The lowest BCUT2D eigenvalue weighted by molar-refractivity contribution is -0.141. The molecule has 0 bridgehead atoms. The third-order valence-corrected chi connectivity index (χ3v) is 3.56. The zero-order valence-corrected chi connectivity index (χ0v) is 12.7. The molecule has 2 heterocycles. The topological polar surface area (TPSA) is 77.4 Å². The second-order valence-corrected chi connectivity index (χ2v) is 5.35. The van der Waals surface area contributed by atoms with Crippen molar-refractivity contribution < 1.29 is 13.2 Å². The van der Waals surface area contributed by atoms with Crippen LogP contribution in [0.4, 0.5) is 13.2 Å². The minimum atomic E-state index is -4.61. The van der Waals surface area contributed by atoms with E-state index in [9.17, 15) is 13.2 Å². The lowest BCUT2D eigenvalue weighted by atomic mass is 10.1. The minimum Gasteiger partial charge on any atom is -0.334 e. The van der Waals surface area contributed by atoms with Gasteiger partial charge in [0.1, 0.15) is 0 Å². The Kier molecular flexibility index (Phi) is 3.65. The van der Waals surface area contributed by atoms with Crippen molar-refractivity contribution in [2.75, 3.05) is 5.84 Å². The lowest BCUT2D eigenvalue weighted by Crippen LogP contribution is -2.16. The van der Waals surface area contributed by atoms with Gasteiger partial charge in [0, 0.05) is 10.6 Å². The zero-order chi connectivity index (χ0) is 16.8. The number of alkyl halides is 3. The Labute approximate surface area is 137 Å². The Bertz CT molecular complexity index is 908. The van der Waals surface area contributed by atoms with Crippen molar-refractivity contribution in [3.63, 3.8) is 0 Å². The number of hydrogen-bond acceptors (Lipinski definition) is 4. The molecule has 0 amide bonds. The summed E-state index contributed by atoms with van der Waals surface area (Å²) >= 11 is 10.7. The van der Waals surface area contributed by atoms with Crippen LogP contribution in [-0.2, 0) is 6.18 Å². The monoisotopic (exact) mass is 360 g/mol. The van der Waals surface area contributed by atoms with E-state index >= 15 is 0 Å². The molecule has 1 aromatic carbocycles. The maximum absolute atomic E-state index is 13.0. The number of nitrogens with one attached hydrogen (secondary N) is 1. The predicted molar refractivity (Wildman–Crippen MR) is 80.1 cm³/mol. The van der Waals surface area contributed by atoms with Crippen molar-refractivity contribution in [1.82, 2.24) is 24.7 Å². The van der Waals surface area contributed by atoms with Crippen LogP contribution in [0.1, 0.15) is 5.69 Å². The van der Waals surface area contributed by atoms with Gasteiger partial charge >= 0.3 is 6.18 Å². The van der Waals surface area contributed by atoms with E-state index in [-0.39, 0.29) is 16.4 Å². The molecule has 0 saturated heterocycles. The van der Waals surface area contributed by atoms with Gasteiger partial charge in [-0.1, -0.05) is 23.7 Å². The molecule has 3 aromatic rings. The van der Waals surface area contributed by atoms with Crippen LogP contribution in [0, 0.1) is 4.77 Å². The van der Waals surface area contributed by atoms with Crippen LogP contribution in [0.2, 0.25) is 5.02 Å². The maximum atomic E-state index is 13.0. The number of benzene rings is 1. The third-order valence-electron chi connectivity index (χ3n) is 3.02. The Morgan fingerprint density at radius 1 is 1.22 bits per heavy atom. The first kappa shape index (κ1) is 15.6. The van der Waals surface area contributed by atoms with E-state index < -0.39 is 11.9 Å². The normalized spacial score (nSPS) is 11.8. The molecule has 11 heteroatoms. The van der Waals surface area contributed by atoms with Gasteiger partial charge in [-0.15, -0.1) is 5.10 Å². The van der Waals surface area contributed by atoms with Crippen LogP contribution >= 0.6 is 23.8 Å². The van der Waals surface area contributed by atoms with Gasteiger partial charge in [0.05, 0.1) is 5.69 Å². The molecule has 3 rings (SSSR count). The van der Waals surface area contributed by atoms with Crippen molar-refractivity contribution in [3.05, 3.63) is 45.8 Å². The molecule has 0 aliphatic rings. The van der Waals surface area contributed by atoms with Gasteiger partial charge in [-0.2, -0.15) is 27.6 Å². The maximum Gasteiger partial charge on any atom is 0.435 e. The second-order valence-electron chi connectivity index (χ2n) is 4.53. The number of H-pyrrole nitrogens is 1. The van der Waals surface area contributed by atoms with Gasteiger partial charge in [0.25, 0.3) is 5.95 Å². The van der Waals surface area contributed by atoms with E-state index in [0.717, 1.165) is 15.4 Å². The van der Waals surface area contributed by atoms with Crippen LogP contribution in [0.3, 0.4) is 0 Å². The summed E-state index contributed by atoms with van der Waals surface area (Å²) in [7, 11) is 0. The summed E-state index contributed by atoms with van der Waals surface area (Å²) in [6.45, 7) is 0. The minimum absolute atomic E-state index is 0.0473. The van der Waals surface area contributed by atoms with Crippen molar-refractivity contribution in [2.24, 2.45) is 0 Å². The van der Waals surface area contributed by atoms with Crippen molar-refractivity contribution in [1.29, 1.82) is 0 Å². The molecular weight excluding hydrogens is 353 g/mol. The van der Waals surface area contributed by atoms with E-state index in [4.69, 9.17) is 29.7 Å². The Hall–Kier alpha value is -2.33.